The highest BCUT2D eigenvalue weighted by molar-refractivity contribution is 5.81. The van der Waals surface area contributed by atoms with Gasteiger partial charge in [-0.05, 0) is 33.1 Å². The summed E-state index contributed by atoms with van der Waals surface area (Å²) in [7, 11) is 0. The molecule has 1 heterocycles. The summed E-state index contributed by atoms with van der Waals surface area (Å²) < 4.78 is 4.82. The minimum atomic E-state index is -0.245. The molecule has 0 spiro atoms. The zero-order valence-electron chi connectivity index (χ0n) is 9.03. The Kier molecular flexibility index (Phi) is 4.50. The van der Waals surface area contributed by atoms with Gasteiger partial charge in [-0.1, -0.05) is 0 Å². The van der Waals surface area contributed by atoms with Crippen LogP contribution < -0.4 is 0 Å². The molecule has 0 aliphatic carbocycles. The predicted molar refractivity (Wildman–Crippen MR) is 55.8 cm³/mol. The van der Waals surface area contributed by atoms with Crippen molar-refractivity contribution in [2.45, 2.75) is 39.2 Å². The topological polar surface area (TPSA) is 29.5 Å². The molecule has 1 fully saturated rings. The van der Waals surface area contributed by atoms with E-state index in [9.17, 15) is 4.79 Å². The van der Waals surface area contributed by atoms with Gasteiger partial charge in [-0.25, -0.2) is 4.79 Å². The maximum Gasteiger partial charge on any atom is 0.332 e. The fourth-order valence-corrected chi connectivity index (χ4v) is 1.69. The number of hydrogen-bond donors (Lipinski definition) is 0. The average molecular weight is 197 g/mol. The Hall–Kier alpha value is -0.990. The van der Waals surface area contributed by atoms with Crippen molar-refractivity contribution in [3.05, 3.63) is 12.3 Å². The van der Waals surface area contributed by atoms with Gasteiger partial charge in [0.2, 0.25) is 0 Å². The summed E-state index contributed by atoms with van der Waals surface area (Å²) >= 11 is 0. The second-order valence-electron chi connectivity index (χ2n) is 3.65. The molecule has 0 bridgehead atoms. The van der Waals surface area contributed by atoms with E-state index in [4.69, 9.17) is 4.74 Å². The Morgan fingerprint density at radius 1 is 1.57 bits per heavy atom. The van der Waals surface area contributed by atoms with Crippen molar-refractivity contribution in [3.8, 4) is 0 Å². The Bertz CT molecular complexity index is 213. The Balaban J connectivity index is 2.37. The van der Waals surface area contributed by atoms with Crippen molar-refractivity contribution in [3.63, 3.8) is 0 Å². The van der Waals surface area contributed by atoms with Gasteiger partial charge in [0.1, 0.15) is 0 Å². The molecule has 1 aliphatic heterocycles. The first-order valence-electron chi connectivity index (χ1n) is 5.34. The van der Waals surface area contributed by atoms with E-state index in [1.165, 1.54) is 25.3 Å². The molecule has 0 N–H and O–H groups in total. The number of hydrogen-bond acceptors (Lipinski definition) is 3. The van der Waals surface area contributed by atoms with Crippen LogP contribution in [-0.4, -0.2) is 30.1 Å². The van der Waals surface area contributed by atoms with Gasteiger partial charge in [-0.2, -0.15) is 0 Å². The van der Waals surface area contributed by atoms with Crippen LogP contribution in [0.3, 0.4) is 0 Å². The lowest BCUT2D eigenvalue weighted by Crippen LogP contribution is -2.33. The molecule has 0 aromatic carbocycles. The molecule has 3 nitrogen and oxygen atoms in total. The molecule has 0 aromatic heterocycles. The van der Waals surface area contributed by atoms with E-state index in [0.717, 1.165) is 6.54 Å². The molecule has 80 valence electrons. The van der Waals surface area contributed by atoms with Gasteiger partial charge < -0.3 is 9.64 Å². The predicted octanol–water partition coefficient (Wildman–Crippen LogP) is 1.94. The number of carbonyl (C=O) groups is 1. The highest BCUT2D eigenvalue weighted by atomic mass is 16.5. The minimum absolute atomic E-state index is 0.245. The van der Waals surface area contributed by atoms with Gasteiger partial charge in [0.05, 0.1) is 6.61 Å². The molecule has 0 aromatic rings. The smallest absolute Gasteiger partial charge is 0.332 e. The summed E-state index contributed by atoms with van der Waals surface area (Å²) in [6.07, 6.45) is 7.11. The van der Waals surface area contributed by atoms with Gasteiger partial charge in [0.25, 0.3) is 0 Å². The van der Waals surface area contributed by atoms with Gasteiger partial charge in [0, 0.05) is 24.9 Å². The monoisotopic (exact) mass is 197 g/mol. The second kappa shape index (κ2) is 5.68. The molecule has 1 unspecified atom stereocenters. The fraction of sp³-hybridized carbons (Fsp3) is 0.727. The van der Waals surface area contributed by atoms with Crippen LogP contribution >= 0.6 is 0 Å². The van der Waals surface area contributed by atoms with Crippen molar-refractivity contribution < 1.29 is 9.53 Å². The van der Waals surface area contributed by atoms with Crippen molar-refractivity contribution in [1.82, 2.24) is 4.90 Å². The largest absolute Gasteiger partial charge is 0.463 e. The third-order valence-corrected chi connectivity index (χ3v) is 2.54. The standard InChI is InChI=1S/C11H19NO2/c1-3-14-11(13)7-9-12-8-5-4-6-10(12)2/h7,9-10H,3-6,8H2,1-2H3/b9-7+. The molecule has 0 radical (unpaired) electrons. The van der Waals surface area contributed by atoms with E-state index in [2.05, 4.69) is 11.8 Å². The lowest BCUT2D eigenvalue weighted by molar-refractivity contribution is -0.137. The molecule has 1 saturated heterocycles. The Labute approximate surface area is 85.7 Å². The van der Waals surface area contributed by atoms with Crippen LogP contribution in [0.15, 0.2) is 12.3 Å². The number of carbonyl (C=O) groups excluding carboxylic acids is 1. The highest BCUT2D eigenvalue weighted by Crippen LogP contribution is 2.16. The van der Waals surface area contributed by atoms with Crippen LogP contribution in [0.1, 0.15) is 33.1 Å². The summed E-state index contributed by atoms with van der Waals surface area (Å²) in [5.41, 5.74) is 0. The zero-order chi connectivity index (χ0) is 10.4. The lowest BCUT2D eigenvalue weighted by Gasteiger charge is -2.32. The van der Waals surface area contributed by atoms with E-state index in [0.29, 0.717) is 12.6 Å². The molecule has 3 heteroatoms. The second-order valence-corrected chi connectivity index (χ2v) is 3.65. The fourth-order valence-electron chi connectivity index (χ4n) is 1.69. The van der Waals surface area contributed by atoms with Gasteiger partial charge in [0.15, 0.2) is 0 Å². The van der Waals surface area contributed by atoms with Crippen LogP contribution in [0.25, 0.3) is 0 Å². The van der Waals surface area contributed by atoms with E-state index in [1.807, 2.05) is 13.1 Å². The van der Waals surface area contributed by atoms with Crippen LogP contribution in [-0.2, 0) is 9.53 Å². The maximum atomic E-state index is 11.1. The Morgan fingerprint density at radius 2 is 2.36 bits per heavy atom. The van der Waals surface area contributed by atoms with E-state index < -0.39 is 0 Å². The van der Waals surface area contributed by atoms with Crippen molar-refractivity contribution in [2.75, 3.05) is 13.2 Å². The normalized spacial score (nSPS) is 22.7. The zero-order valence-corrected chi connectivity index (χ0v) is 9.03. The van der Waals surface area contributed by atoms with Crippen LogP contribution in [0.4, 0.5) is 0 Å². The van der Waals surface area contributed by atoms with Crippen LogP contribution in [0.5, 0.6) is 0 Å². The first kappa shape index (κ1) is 11.1. The summed E-state index contributed by atoms with van der Waals surface area (Å²) in [4.78, 5) is 13.3. The minimum Gasteiger partial charge on any atom is -0.463 e. The number of ether oxygens (including phenoxy) is 1. The quantitative estimate of drug-likeness (QED) is 0.511. The van der Waals surface area contributed by atoms with E-state index in [-0.39, 0.29) is 5.97 Å². The Morgan fingerprint density at radius 3 is 3.00 bits per heavy atom. The number of likely N-dealkylation sites (tertiary alicyclic amines) is 1. The third kappa shape index (κ3) is 3.40. The van der Waals surface area contributed by atoms with Crippen LogP contribution in [0.2, 0.25) is 0 Å². The van der Waals surface area contributed by atoms with E-state index >= 15 is 0 Å². The molecular weight excluding hydrogens is 178 g/mol. The molecule has 14 heavy (non-hydrogen) atoms. The molecule has 0 saturated carbocycles. The first-order valence-corrected chi connectivity index (χ1v) is 5.34. The van der Waals surface area contributed by atoms with Crippen molar-refractivity contribution >= 4 is 5.97 Å². The van der Waals surface area contributed by atoms with Gasteiger partial charge >= 0.3 is 5.97 Å². The van der Waals surface area contributed by atoms with Gasteiger partial charge in [-0.15, -0.1) is 0 Å². The summed E-state index contributed by atoms with van der Waals surface area (Å²) in [6, 6.07) is 0.550. The maximum absolute atomic E-state index is 11.1. The molecule has 1 atom stereocenters. The highest BCUT2D eigenvalue weighted by Gasteiger charge is 2.14. The summed E-state index contributed by atoms with van der Waals surface area (Å²) in [5, 5.41) is 0. The molecular formula is C11H19NO2. The number of rotatable bonds is 3. The van der Waals surface area contributed by atoms with Crippen LogP contribution in [0, 0.1) is 0 Å². The lowest BCUT2D eigenvalue weighted by atomic mass is 10.0. The SMILES string of the molecule is CCOC(=O)/C=C/N1CCCCC1C. The molecule has 0 amide bonds. The molecule has 1 rings (SSSR count). The third-order valence-electron chi connectivity index (χ3n) is 2.54. The van der Waals surface area contributed by atoms with Gasteiger partial charge in [-0.3, -0.25) is 0 Å². The number of nitrogens with zero attached hydrogens (tertiary/aromatic N) is 1. The number of piperidine rings is 1. The van der Waals surface area contributed by atoms with Crippen molar-refractivity contribution in [2.24, 2.45) is 0 Å². The molecule has 1 aliphatic rings. The summed E-state index contributed by atoms with van der Waals surface area (Å²) in [5.74, 6) is -0.245. The first-order chi connectivity index (χ1) is 6.74. The summed E-state index contributed by atoms with van der Waals surface area (Å²) in [6.45, 7) is 5.50. The van der Waals surface area contributed by atoms with E-state index in [1.54, 1.807) is 0 Å². The van der Waals surface area contributed by atoms with Crippen molar-refractivity contribution in [1.29, 1.82) is 0 Å². The number of esters is 1. The average Bonchev–Trinajstić information content (AvgIpc) is 2.17.